The molecule has 0 radical (unpaired) electrons. The van der Waals surface area contributed by atoms with Gasteiger partial charge in [-0.05, 0) is 30.4 Å². The van der Waals surface area contributed by atoms with Gasteiger partial charge in [-0.3, -0.25) is 0 Å². The fraction of sp³-hybridized carbons (Fsp3) is 0.583. The van der Waals surface area contributed by atoms with Gasteiger partial charge >= 0.3 is 0 Å². The quantitative estimate of drug-likeness (QED) is 0.797. The molecule has 15 heavy (non-hydrogen) atoms. The number of nitrogens with two attached hydrogens (primary N) is 1. The highest BCUT2D eigenvalue weighted by Crippen LogP contribution is 2.37. The highest BCUT2D eigenvalue weighted by atomic mass is 14.9. The summed E-state index contributed by atoms with van der Waals surface area (Å²) in [7, 11) is 0. The molecule has 0 aromatic carbocycles. The molecule has 0 saturated heterocycles. The summed E-state index contributed by atoms with van der Waals surface area (Å²) in [5.41, 5.74) is 7.07. The van der Waals surface area contributed by atoms with Gasteiger partial charge in [0.05, 0.1) is 11.9 Å². The van der Waals surface area contributed by atoms with Crippen molar-refractivity contribution in [3.63, 3.8) is 0 Å². The Morgan fingerprint density at radius 2 is 2.13 bits per heavy atom. The first-order chi connectivity index (χ1) is 7.18. The Balaban J connectivity index is 1.90. The standard InChI is InChI=1S/C12H19N3/c1-12(6-2-3-7-12)9-15-10-4-5-11(13)14-8-10/h4-5,8,15H,2-3,6-7,9H2,1H3,(H2,13,14). The van der Waals surface area contributed by atoms with Crippen molar-refractivity contribution in [3.8, 4) is 0 Å². The van der Waals surface area contributed by atoms with E-state index >= 15 is 0 Å². The molecule has 1 heterocycles. The summed E-state index contributed by atoms with van der Waals surface area (Å²) in [5.74, 6) is 0.577. The highest BCUT2D eigenvalue weighted by Gasteiger charge is 2.28. The molecule has 3 N–H and O–H groups in total. The number of pyridine rings is 1. The zero-order valence-electron chi connectivity index (χ0n) is 9.29. The summed E-state index contributed by atoms with van der Waals surface area (Å²) >= 11 is 0. The van der Waals surface area contributed by atoms with Crippen molar-refractivity contribution in [2.24, 2.45) is 5.41 Å². The van der Waals surface area contributed by atoms with Gasteiger partial charge < -0.3 is 11.1 Å². The lowest BCUT2D eigenvalue weighted by Gasteiger charge is -2.24. The minimum atomic E-state index is 0.474. The summed E-state index contributed by atoms with van der Waals surface area (Å²) in [6.07, 6.45) is 7.22. The largest absolute Gasteiger partial charge is 0.384 e. The molecule has 0 amide bonds. The lowest BCUT2D eigenvalue weighted by atomic mass is 9.89. The van der Waals surface area contributed by atoms with Gasteiger partial charge in [-0.1, -0.05) is 19.8 Å². The third kappa shape index (κ3) is 2.61. The number of hydrogen-bond donors (Lipinski definition) is 2. The molecule has 1 aliphatic carbocycles. The topological polar surface area (TPSA) is 50.9 Å². The molecule has 0 spiro atoms. The molecule has 3 nitrogen and oxygen atoms in total. The smallest absolute Gasteiger partial charge is 0.123 e. The number of nitrogens with one attached hydrogen (secondary N) is 1. The SMILES string of the molecule is CC1(CNc2ccc(N)nc2)CCCC1. The van der Waals surface area contributed by atoms with Crippen molar-refractivity contribution < 1.29 is 0 Å². The Kier molecular flexibility index (Phi) is 2.80. The van der Waals surface area contributed by atoms with E-state index in [-0.39, 0.29) is 0 Å². The monoisotopic (exact) mass is 205 g/mol. The van der Waals surface area contributed by atoms with Crippen molar-refractivity contribution in [2.75, 3.05) is 17.6 Å². The number of anilines is 2. The average Bonchev–Trinajstić information content (AvgIpc) is 2.65. The Bertz CT molecular complexity index is 312. The maximum Gasteiger partial charge on any atom is 0.123 e. The van der Waals surface area contributed by atoms with Crippen LogP contribution < -0.4 is 11.1 Å². The van der Waals surface area contributed by atoms with Gasteiger partial charge in [-0.15, -0.1) is 0 Å². The molecule has 2 rings (SSSR count). The van der Waals surface area contributed by atoms with Gasteiger partial charge in [-0.25, -0.2) is 4.98 Å². The van der Waals surface area contributed by atoms with Crippen LogP contribution in [0.5, 0.6) is 0 Å². The van der Waals surface area contributed by atoms with Crippen LogP contribution in [0.1, 0.15) is 32.6 Å². The van der Waals surface area contributed by atoms with Gasteiger partial charge in [0.2, 0.25) is 0 Å². The first-order valence-corrected chi connectivity index (χ1v) is 5.63. The molecule has 1 aliphatic rings. The predicted octanol–water partition coefficient (Wildman–Crippen LogP) is 2.66. The van der Waals surface area contributed by atoms with Crippen LogP contribution in [0.15, 0.2) is 18.3 Å². The van der Waals surface area contributed by atoms with E-state index in [2.05, 4.69) is 17.2 Å². The summed E-state index contributed by atoms with van der Waals surface area (Å²) in [5, 5.41) is 3.44. The number of aromatic nitrogens is 1. The Labute approximate surface area is 91.1 Å². The normalized spacial score (nSPS) is 19.0. The molecule has 1 saturated carbocycles. The summed E-state index contributed by atoms with van der Waals surface area (Å²) < 4.78 is 0. The second-order valence-electron chi connectivity index (χ2n) is 4.84. The van der Waals surface area contributed by atoms with Crippen molar-refractivity contribution in [1.29, 1.82) is 0 Å². The third-order valence-electron chi connectivity index (χ3n) is 3.32. The number of rotatable bonds is 3. The molecular weight excluding hydrogens is 186 g/mol. The van der Waals surface area contributed by atoms with E-state index in [9.17, 15) is 0 Å². The molecule has 82 valence electrons. The zero-order chi connectivity index (χ0) is 10.7. The minimum absolute atomic E-state index is 0.474. The highest BCUT2D eigenvalue weighted by molar-refractivity contribution is 5.45. The third-order valence-corrected chi connectivity index (χ3v) is 3.32. The molecule has 1 fully saturated rings. The van der Waals surface area contributed by atoms with Crippen LogP contribution in [-0.2, 0) is 0 Å². The first kappa shape index (κ1) is 10.3. The lowest BCUT2D eigenvalue weighted by Crippen LogP contribution is -2.22. The molecule has 0 unspecified atom stereocenters. The van der Waals surface area contributed by atoms with Crippen LogP contribution in [0.3, 0.4) is 0 Å². The number of nitrogens with zero attached hydrogens (tertiary/aromatic N) is 1. The summed E-state index contributed by atoms with van der Waals surface area (Å²) in [6.45, 7) is 3.40. The zero-order valence-corrected chi connectivity index (χ0v) is 9.29. The van der Waals surface area contributed by atoms with Gasteiger partial charge in [0, 0.05) is 6.54 Å². The van der Waals surface area contributed by atoms with Gasteiger partial charge in [0.25, 0.3) is 0 Å². The molecule has 1 aromatic rings. The summed E-state index contributed by atoms with van der Waals surface area (Å²) in [4.78, 5) is 4.06. The summed E-state index contributed by atoms with van der Waals surface area (Å²) in [6, 6.07) is 3.82. The average molecular weight is 205 g/mol. The van der Waals surface area contributed by atoms with Crippen LogP contribution in [-0.4, -0.2) is 11.5 Å². The van der Waals surface area contributed by atoms with E-state index < -0.39 is 0 Å². The number of nitrogen functional groups attached to an aromatic ring is 1. The van der Waals surface area contributed by atoms with E-state index in [1.807, 2.05) is 12.1 Å². The Morgan fingerprint density at radius 3 is 2.73 bits per heavy atom. The van der Waals surface area contributed by atoms with Gasteiger partial charge in [-0.2, -0.15) is 0 Å². The van der Waals surface area contributed by atoms with Crippen LogP contribution in [0.2, 0.25) is 0 Å². The van der Waals surface area contributed by atoms with Crippen LogP contribution in [0.25, 0.3) is 0 Å². The molecule has 1 aromatic heterocycles. The first-order valence-electron chi connectivity index (χ1n) is 5.63. The Morgan fingerprint density at radius 1 is 1.40 bits per heavy atom. The van der Waals surface area contributed by atoms with Crippen LogP contribution >= 0.6 is 0 Å². The minimum Gasteiger partial charge on any atom is -0.384 e. The molecular formula is C12H19N3. The maximum atomic E-state index is 5.53. The second kappa shape index (κ2) is 4.09. The Hall–Kier alpha value is -1.25. The lowest BCUT2D eigenvalue weighted by molar-refractivity contribution is 0.362. The van der Waals surface area contributed by atoms with Crippen molar-refractivity contribution in [2.45, 2.75) is 32.6 Å². The second-order valence-corrected chi connectivity index (χ2v) is 4.84. The van der Waals surface area contributed by atoms with E-state index in [1.54, 1.807) is 6.20 Å². The van der Waals surface area contributed by atoms with E-state index in [0.29, 0.717) is 11.2 Å². The number of hydrogen-bond acceptors (Lipinski definition) is 3. The molecule has 3 heteroatoms. The molecule has 0 atom stereocenters. The fourth-order valence-corrected chi connectivity index (χ4v) is 2.23. The fourth-order valence-electron chi connectivity index (χ4n) is 2.23. The van der Waals surface area contributed by atoms with Crippen molar-refractivity contribution in [1.82, 2.24) is 4.98 Å². The van der Waals surface area contributed by atoms with Crippen molar-refractivity contribution >= 4 is 11.5 Å². The van der Waals surface area contributed by atoms with Gasteiger partial charge in [0.15, 0.2) is 0 Å². The van der Waals surface area contributed by atoms with Crippen LogP contribution in [0.4, 0.5) is 11.5 Å². The van der Waals surface area contributed by atoms with Gasteiger partial charge in [0.1, 0.15) is 5.82 Å². The maximum absolute atomic E-state index is 5.53. The molecule has 0 bridgehead atoms. The van der Waals surface area contributed by atoms with Crippen molar-refractivity contribution in [3.05, 3.63) is 18.3 Å². The van der Waals surface area contributed by atoms with E-state index in [0.717, 1.165) is 12.2 Å². The van der Waals surface area contributed by atoms with Crippen LogP contribution in [0, 0.1) is 5.41 Å². The van der Waals surface area contributed by atoms with E-state index in [1.165, 1.54) is 25.7 Å². The predicted molar refractivity (Wildman–Crippen MR) is 63.7 cm³/mol. The van der Waals surface area contributed by atoms with E-state index in [4.69, 9.17) is 5.73 Å². The molecule has 0 aliphatic heterocycles.